The summed E-state index contributed by atoms with van der Waals surface area (Å²) >= 11 is 4.68. The summed E-state index contributed by atoms with van der Waals surface area (Å²) in [5.41, 5.74) is 0. The van der Waals surface area contributed by atoms with Crippen molar-refractivity contribution in [2.45, 2.75) is 30.6 Å². The topological polar surface area (TPSA) is 66.4 Å². The van der Waals surface area contributed by atoms with E-state index in [1.54, 1.807) is 13.8 Å². The molecule has 1 aromatic rings. The molecule has 1 unspecified atom stereocenters. The second kappa shape index (κ2) is 5.64. The number of amides is 1. The van der Waals surface area contributed by atoms with Gasteiger partial charge in [-0.3, -0.25) is 9.59 Å². The van der Waals surface area contributed by atoms with Crippen LogP contribution in [-0.2, 0) is 9.59 Å². The van der Waals surface area contributed by atoms with Gasteiger partial charge < -0.3 is 10.4 Å². The average Bonchev–Trinajstić information content (AvgIpc) is 2.66. The van der Waals surface area contributed by atoms with Gasteiger partial charge in [-0.1, -0.05) is 22.0 Å². The molecule has 4 nitrogen and oxygen atoms in total. The molecule has 2 N–H and O–H groups in total. The molecule has 1 atom stereocenters. The maximum absolute atomic E-state index is 11.8. The molecule has 0 spiro atoms. The van der Waals surface area contributed by atoms with Gasteiger partial charge in [0.25, 0.3) is 0 Å². The highest BCUT2D eigenvalue weighted by atomic mass is 79.9. The van der Waals surface area contributed by atoms with Gasteiger partial charge in [0.15, 0.2) is 0 Å². The fourth-order valence-electron chi connectivity index (χ4n) is 1.22. The van der Waals surface area contributed by atoms with Crippen molar-refractivity contribution in [3.05, 3.63) is 22.4 Å². The van der Waals surface area contributed by atoms with Crippen molar-refractivity contribution >= 4 is 39.1 Å². The van der Waals surface area contributed by atoms with Crippen LogP contribution < -0.4 is 5.32 Å². The van der Waals surface area contributed by atoms with Crippen molar-refractivity contribution in [2.75, 3.05) is 0 Å². The summed E-state index contributed by atoms with van der Waals surface area (Å²) in [5, 5.41) is 13.4. The SMILES string of the molecule is CC(C)(Br)C(=O)NC(CC(=O)O)c1cccs1. The van der Waals surface area contributed by atoms with Crippen molar-refractivity contribution < 1.29 is 14.7 Å². The van der Waals surface area contributed by atoms with Gasteiger partial charge in [-0.05, 0) is 25.3 Å². The zero-order valence-electron chi connectivity index (χ0n) is 9.57. The normalized spacial score (nSPS) is 13.1. The standard InChI is InChI=1S/C11H14BrNO3S/c1-11(2,12)10(16)13-7(6-9(14)15)8-4-3-5-17-8/h3-5,7H,6H2,1-2H3,(H,13,16)(H,14,15). The number of alkyl halides is 1. The van der Waals surface area contributed by atoms with Crippen LogP contribution in [0.1, 0.15) is 31.2 Å². The molecule has 6 heteroatoms. The first-order valence-corrected chi connectivity index (χ1v) is 6.73. The number of halogens is 1. The minimum absolute atomic E-state index is 0.116. The number of carboxylic acid groups (broad SMARTS) is 1. The van der Waals surface area contributed by atoms with Gasteiger partial charge >= 0.3 is 5.97 Å². The van der Waals surface area contributed by atoms with E-state index in [-0.39, 0.29) is 12.3 Å². The molecule has 94 valence electrons. The Hall–Kier alpha value is -0.880. The molecule has 0 radical (unpaired) electrons. The molecule has 0 saturated heterocycles. The van der Waals surface area contributed by atoms with Crippen LogP contribution in [0.2, 0.25) is 0 Å². The van der Waals surface area contributed by atoms with Crippen LogP contribution in [0.5, 0.6) is 0 Å². The third-order valence-electron chi connectivity index (χ3n) is 2.11. The van der Waals surface area contributed by atoms with Crippen LogP contribution in [0.3, 0.4) is 0 Å². The maximum atomic E-state index is 11.8. The number of aliphatic carboxylic acids is 1. The molecular weight excluding hydrogens is 306 g/mol. The van der Waals surface area contributed by atoms with Gasteiger partial charge in [0.2, 0.25) is 5.91 Å². The number of nitrogens with one attached hydrogen (secondary N) is 1. The number of carboxylic acids is 1. The van der Waals surface area contributed by atoms with E-state index >= 15 is 0 Å². The summed E-state index contributed by atoms with van der Waals surface area (Å²) in [6.07, 6.45) is -0.116. The van der Waals surface area contributed by atoms with Crippen LogP contribution in [0.4, 0.5) is 0 Å². The Bertz CT molecular complexity index is 397. The van der Waals surface area contributed by atoms with Gasteiger partial charge in [0, 0.05) is 4.88 Å². The lowest BCUT2D eigenvalue weighted by atomic mass is 10.1. The Morgan fingerprint density at radius 2 is 2.24 bits per heavy atom. The van der Waals surface area contributed by atoms with Crippen molar-refractivity contribution in [3.8, 4) is 0 Å². The summed E-state index contributed by atoms with van der Waals surface area (Å²) in [4.78, 5) is 23.4. The van der Waals surface area contributed by atoms with E-state index in [1.807, 2.05) is 17.5 Å². The predicted molar refractivity (Wildman–Crippen MR) is 70.5 cm³/mol. The number of carbonyl (C=O) groups excluding carboxylic acids is 1. The average molecular weight is 320 g/mol. The molecule has 0 fully saturated rings. The Balaban J connectivity index is 2.79. The molecule has 0 bridgehead atoms. The highest BCUT2D eigenvalue weighted by Gasteiger charge is 2.27. The lowest BCUT2D eigenvalue weighted by Crippen LogP contribution is -2.40. The van der Waals surface area contributed by atoms with Crippen molar-refractivity contribution in [1.29, 1.82) is 0 Å². The lowest BCUT2D eigenvalue weighted by Gasteiger charge is -2.21. The smallest absolute Gasteiger partial charge is 0.305 e. The van der Waals surface area contributed by atoms with Gasteiger partial charge in [0.1, 0.15) is 0 Å². The van der Waals surface area contributed by atoms with E-state index in [1.165, 1.54) is 11.3 Å². The number of rotatable bonds is 5. The Morgan fingerprint density at radius 1 is 1.59 bits per heavy atom. The van der Waals surface area contributed by atoms with Gasteiger partial charge in [0.05, 0.1) is 16.8 Å². The van der Waals surface area contributed by atoms with E-state index in [9.17, 15) is 9.59 Å². The fourth-order valence-corrected chi connectivity index (χ4v) is 2.11. The molecule has 0 saturated carbocycles. The van der Waals surface area contributed by atoms with Crippen molar-refractivity contribution in [2.24, 2.45) is 0 Å². The molecular formula is C11H14BrNO3S. The third kappa shape index (κ3) is 4.47. The van der Waals surface area contributed by atoms with Crippen LogP contribution in [-0.4, -0.2) is 21.3 Å². The van der Waals surface area contributed by atoms with Crippen LogP contribution in [0.15, 0.2) is 17.5 Å². The zero-order valence-corrected chi connectivity index (χ0v) is 12.0. The Kier molecular flexibility index (Phi) is 4.70. The fraction of sp³-hybridized carbons (Fsp3) is 0.455. The minimum Gasteiger partial charge on any atom is -0.481 e. The minimum atomic E-state index is -0.934. The molecule has 1 aromatic heterocycles. The van der Waals surface area contributed by atoms with E-state index < -0.39 is 16.3 Å². The quantitative estimate of drug-likeness (QED) is 0.820. The Labute approximate surface area is 112 Å². The van der Waals surface area contributed by atoms with Gasteiger partial charge in [-0.15, -0.1) is 11.3 Å². The van der Waals surface area contributed by atoms with Gasteiger partial charge in [-0.25, -0.2) is 0 Å². The lowest BCUT2D eigenvalue weighted by molar-refractivity contribution is -0.137. The molecule has 0 aliphatic heterocycles. The number of hydrogen-bond acceptors (Lipinski definition) is 3. The number of thiophene rings is 1. The van der Waals surface area contributed by atoms with E-state index in [0.29, 0.717) is 0 Å². The molecule has 17 heavy (non-hydrogen) atoms. The number of hydrogen-bond donors (Lipinski definition) is 2. The maximum Gasteiger partial charge on any atom is 0.305 e. The molecule has 0 aromatic carbocycles. The molecule has 1 heterocycles. The molecule has 1 rings (SSSR count). The second-order valence-corrected chi connectivity index (χ2v) is 7.07. The van der Waals surface area contributed by atoms with Gasteiger partial charge in [-0.2, -0.15) is 0 Å². The first-order chi connectivity index (χ1) is 7.80. The zero-order chi connectivity index (χ0) is 13.1. The molecule has 0 aliphatic rings. The summed E-state index contributed by atoms with van der Waals surface area (Å²) in [7, 11) is 0. The first kappa shape index (κ1) is 14.2. The predicted octanol–water partition coefficient (Wildman–Crippen LogP) is 2.55. The van der Waals surface area contributed by atoms with E-state index in [4.69, 9.17) is 5.11 Å². The summed E-state index contributed by atoms with van der Waals surface area (Å²) in [6, 6.07) is 3.18. The molecule has 1 amide bonds. The second-order valence-electron chi connectivity index (χ2n) is 4.11. The highest BCUT2D eigenvalue weighted by Crippen LogP contribution is 2.24. The van der Waals surface area contributed by atoms with Crippen LogP contribution >= 0.6 is 27.3 Å². The Morgan fingerprint density at radius 3 is 2.65 bits per heavy atom. The van der Waals surface area contributed by atoms with Crippen LogP contribution in [0, 0.1) is 0 Å². The van der Waals surface area contributed by atoms with E-state index in [0.717, 1.165) is 4.88 Å². The summed E-state index contributed by atoms with van der Waals surface area (Å²) < 4.78 is -0.707. The first-order valence-electron chi connectivity index (χ1n) is 5.06. The number of carbonyl (C=O) groups is 2. The van der Waals surface area contributed by atoms with Crippen LogP contribution in [0.25, 0.3) is 0 Å². The highest BCUT2D eigenvalue weighted by molar-refractivity contribution is 9.10. The van der Waals surface area contributed by atoms with E-state index in [2.05, 4.69) is 21.2 Å². The summed E-state index contributed by atoms with van der Waals surface area (Å²) in [5.74, 6) is -1.16. The van der Waals surface area contributed by atoms with Crippen molar-refractivity contribution in [1.82, 2.24) is 5.32 Å². The molecule has 0 aliphatic carbocycles. The third-order valence-corrected chi connectivity index (χ3v) is 3.46. The monoisotopic (exact) mass is 319 g/mol. The largest absolute Gasteiger partial charge is 0.481 e. The summed E-state index contributed by atoms with van der Waals surface area (Å²) in [6.45, 7) is 3.43. The van der Waals surface area contributed by atoms with Crippen molar-refractivity contribution in [3.63, 3.8) is 0 Å².